The van der Waals surface area contributed by atoms with Crippen molar-refractivity contribution in [2.45, 2.75) is 29.1 Å². The van der Waals surface area contributed by atoms with E-state index in [2.05, 4.69) is 15.9 Å². The largest absolute Gasteiger partial charge is 0.264 e. The van der Waals surface area contributed by atoms with Crippen LogP contribution in [0.2, 0.25) is 0 Å². The van der Waals surface area contributed by atoms with E-state index in [1.807, 2.05) is 0 Å². The first-order valence-corrected chi connectivity index (χ1v) is 12.4. The molecule has 2 aliphatic rings. The standard InChI is InChI=1S/C19H18BrNO4S2/c20-18-16-8-4-5-9-17(16)26(22,23)19(18)21(13-12-14-10-11-14)27(24,25)15-6-2-1-3-7-15/h1-9,14H,10-13H2. The molecule has 1 saturated carbocycles. The minimum Gasteiger partial charge on any atom is -0.254 e. The number of fused-ring (bicyclic) bond motifs is 1. The van der Waals surface area contributed by atoms with Crippen molar-refractivity contribution in [1.29, 1.82) is 0 Å². The molecule has 0 bridgehead atoms. The van der Waals surface area contributed by atoms with Crippen LogP contribution in [0.15, 0.2) is 69.4 Å². The first kappa shape index (κ1) is 18.7. The summed E-state index contributed by atoms with van der Waals surface area (Å²) >= 11 is 3.36. The normalized spacial score (nSPS) is 18.4. The summed E-state index contributed by atoms with van der Waals surface area (Å²) in [6.45, 7) is 0.138. The van der Waals surface area contributed by atoms with Gasteiger partial charge in [0.05, 0.1) is 14.3 Å². The van der Waals surface area contributed by atoms with E-state index in [1.165, 1.54) is 18.2 Å². The number of halogens is 1. The molecule has 0 unspecified atom stereocenters. The zero-order valence-electron chi connectivity index (χ0n) is 14.4. The van der Waals surface area contributed by atoms with Crippen LogP contribution in [0.3, 0.4) is 0 Å². The van der Waals surface area contributed by atoms with E-state index >= 15 is 0 Å². The van der Waals surface area contributed by atoms with Gasteiger partial charge in [0.15, 0.2) is 5.03 Å². The Morgan fingerprint density at radius 1 is 1.00 bits per heavy atom. The summed E-state index contributed by atoms with van der Waals surface area (Å²) in [5.74, 6) is 0.462. The fraction of sp³-hybridized carbons (Fsp3) is 0.263. The minimum atomic E-state index is -4.01. The Bertz CT molecular complexity index is 1120. The summed E-state index contributed by atoms with van der Waals surface area (Å²) in [6.07, 6.45) is 2.76. The number of hydrogen-bond acceptors (Lipinski definition) is 4. The molecule has 0 aromatic heterocycles. The Hall–Kier alpha value is -1.64. The first-order valence-electron chi connectivity index (χ1n) is 8.65. The zero-order valence-corrected chi connectivity index (χ0v) is 17.6. The average Bonchev–Trinajstić information content (AvgIpc) is 3.46. The summed E-state index contributed by atoms with van der Waals surface area (Å²) < 4.78 is 54.4. The Kier molecular flexibility index (Phi) is 4.68. The molecule has 2 aromatic rings. The Labute approximate surface area is 167 Å². The molecule has 0 radical (unpaired) electrons. The third-order valence-electron chi connectivity index (χ3n) is 4.85. The summed E-state index contributed by atoms with van der Waals surface area (Å²) in [6, 6.07) is 14.5. The van der Waals surface area contributed by atoms with E-state index < -0.39 is 19.9 Å². The monoisotopic (exact) mass is 467 g/mol. The smallest absolute Gasteiger partial charge is 0.254 e. The van der Waals surface area contributed by atoms with Gasteiger partial charge in [0, 0.05) is 12.1 Å². The van der Waals surface area contributed by atoms with E-state index in [-0.39, 0.29) is 21.4 Å². The van der Waals surface area contributed by atoms with Crippen molar-refractivity contribution in [2.75, 3.05) is 6.54 Å². The second kappa shape index (κ2) is 6.76. The lowest BCUT2D eigenvalue weighted by atomic mass is 10.2. The van der Waals surface area contributed by atoms with Crippen molar-refractivity contribution < 1.29 is 16.8 Å². The van der Waals surface area contributed by atoms with Crippen LogP contribution < -0.4 is 0 Å². The van der Waals surface area contributed by atoms with E-state index in [9.17, 15) is 16.8 Å². The van der Waals surface area contributed by atoms with Gasteiger partial charge in [0.1, 0.15) is 0 Å². The van der Waals surface area contributed by atoms with Gasteiger partial charge >= 0.3 is 0 Å². The van der Waals surface area contributed by atoms with Crippen molar-refractivity contribution >= 4 is 40.3 Å². The summed E-state index contributed by atoms with van der Waals surface area (Å²) in [4.78, 5) is 0.214. The minimum absolute atomic E-state index is 0.0831. The van der Waals surface area contributed by atoms with E-state index in [0.29, 0.717) is 22.4 Å². The van der Waals surface area contributed by atoms with Crippen molar-refractivity contribution in [3.8, 4) is 0 Å². The quantitative estimate of drug-likeness (QED) is 0.643. The molecule has 5 nitrogen and oxygen atoms in total. The highest BCUT2D eigenvalue weighted by atomic mass is 79.9. The Balaban J connectivity index is 1.86. The van der Waals surface area contributed by atoms with Crippen molar-refractivity contribution in [3.05, 3.63) is 65.2 Å². The summed E-state index contributed by atoms with van der Waals surface area (Å²) in [5, 5.41) is -0.187. The predicted octanol–water partition coefficient (Wildman–Crippen LogP) is 3.99. The lowest BCUT2D eigenvalue weighted by Gasteiger charge is -2.25. The van der Waals surface area contributed by atoms with E-state index in [4.69, 9.17) is 0 Å². The number of benzene rings is 2. The second-order valence-corrected chi connectivity index (χ2v) is 11.2. The maximum atomic E-state index is 13.3. The van der Waals surface area contributed by atoms with Gasteiger partial charge in [-0.15, -0.1) is 0 Å². The molecule has 0 N–H and O–H groups in total. The van der Waals surface area contributed by atoms with Gasteiger partial charge < -0.3 is 0 Å². The van der Waals surface area contributed by atoms with Crippen molar-refractivity contribution in [1.82, 2.24) is 4.31 Å². The van der Waals surface area contributed by atoms with Gasteiger partial charge in [0.25, 0.3) is 10.0 Å². The highest BCUT2D eigenvalue weighted by Gasteiger charge is 2.43. The highest BCUT2D eigenvalue weighted by molar-refractivity contribution is 9.15. The van der Waals surface area contributed by atoms with Crippen LogP contribution in [0, 0.1) is 5.92 Å². The van der Waals surface area contributed by atoms with Gasteiger partial charge in [-0.3, -0.25) is 4.31 Å². The average molecular weight is 468 g/mol. The highest BCUT2D eigenvalue weighted by Crippen LogP contribution is 2.46. The molecule has 0 amide bonds. The molecule has 1 aliphatic heterocycles. The van der Waals surface area contributed by atoms with Gasteiger partial charge in [-0.05, 0) is 46.5 Å². The lowest BCUT2D eigenvalue weighted by Crippen LogP contribution is -2.34. The number of sulfone groups is 1. The van der Waals surface area contributed by atoms with Gasteiger partial charge in [-0.1, -0.05) is 49.2 Å². The molecular formula is C19H18BrNO4S2. The van der Waals surface area contributed by atoms with Crippen LogP contribution in [-0.4, -0.2) is 27.7 Å². The van der Waals surface area contributed by atoms with E-state index in [1.54, 1.807) is 36.4 Å². The van der Waals surface area contributed by atoms with Gasteiger partial charge in [-0.2, -0.15) is 0 Å². The Morgan fingerprint density at radius 3 is 2.26 bits per heavy atom. The number of sulfonamides is 1. The Morgan fingerprint density at radius 2 is 1.63 bits per heavy atom. The number of hydrogen-bond donors (Lipinski definition) is 0. The van der Waals surface area contributed by atoms with Crippen LogP contribution in [0.25, 0.3) is 4.48 Å². The first-order chi connectivity index (χ1) is 12.8. The molecule has 4 rings (SSSR count). The number of nitrogens with zero attached hydrogens (tertiary/aromatic N) is 1. The fourth-order valence-corrected chi connectivity index (χ4v) is 8.30. The third kappa shape index (κ3) is 3.23. The molecule has 0 saturated heterocycles. The second-order valence-electron chi connectivity index (χ2n) is 6.74. The van der Waals surface area contributed by atoms with Crippen LogP contribution in [0.1, 0.15) is 24.8 Å². The van der Waals surface area contributed by atoms with Crippen LogP contribution in [-0.2, 0) is 19.9 Å². The molecule has 27 heavy (non-hydrogen) atoms. The lowest BCUT2D eigenvalue weighted by molar-refractivity contribution is 0.467. The molecule has 8 heteroatoms. The zero-order chi connectivity index (χ0) is 19.2. The molecule has 1 aliphatic carbocycles. The van der Waals surface area contributed by atoms with Gasteiger partial charge in [-0.25, -0.2) is 16.8 Å². The molecular weight excluding hydrogens is 450 g/mol. The molecule has 1 heterocycles. The van der Waals surface area contributed by atoms with Crippen LogP contribution >= 0.6 is 15.9 Å². The van der Waals surface area contributed by atoms with E-state index in [0.717, 1.165) is 17.1 Å². The summed E-state index contributed by atoms with van der Waals surface area (Å²) in [7, 11) is -7.94. The fourth-order valence-electron chi connectivity index (χ4n) is 3.22. The summed E-state index contributed by atoms with van der Waals surface area (Å²) in [5.41, 5.74) is 0.493. The van der Waals surface area contributed by atoms with Crippen LogP contribution in [0.4, 0.5) is 0 Å². The molecule has 142 valence electrons. The number of rotatable bonds is 6. The SMILES string of the molecule is O=S1(=O)C(N(CCC2CC2)S(=O)(=O)c2ccccc2)=C(Br)c2ccccc21. The van der Waals surface area contributed by atoms with Crippen molar-refractivity contribution in [3.63, 3.8) is 0 Å². The third-order valence-corrected chi connectivity index (χ3v) is 9.71. The molecule has 0 spiro atoms. The maximum Gasteiger partial charge on any atom is 0.264 e. The predicted molar refractivity (Wildman–Crippen MR) is 107 cm³/mol. The van der Waals surface area contributed by atoms with Gasteiger partial charge in [0.2, 0.25) is 9.84 Å². The topological polar surface area (TPSA) is 71.5 Å². The van der Waals surface area contributed by atoms with Crippen LogP contribution in [0.5, 0.6) is 0 Å². The molecule has 1 fully saturated rings. The molecule has 0 atom stereocenters. The van der Waals surface area contributed by atoms with Crippen molar-refractivity contribution in [2.24, 2.45) is 5.92 Å². The maximum absolute atomic E-state index is 13.3. The molecule has 2 aromatic carbocycles.